The van der Waals surface area contributed by atoms with Gasteiger partial charge in [0.15, 0.2) is 0 Å². The lowest BCUT2D eigenvalue weighted by molar-refractivity contribution is -0.118. The van der Waals surface area contributed by atoms with Gasteiger partial charge in [-0.15, -0.1) is 0 Å². The van der Waals surface area contributed by atoms with Gasteiger partial charge in [-0.25, -0.2) is 0 Å². The van der Waals surface area contributed by atoms with Crippen LogP contribution < -0.4 is 17.0 Å². The van der Waals surface area contributed by atoms with Gasteiger partial charge in [-0.3, -0.25) is 9.59 Å². The second-order valence-electron chi connectivity index (χ2n) is 3.42. The number of nitrogens with zero attached hydrogens (tertiary/aromatic N) is 1. The van der Waals surface area contributed by atoms with E-state index >= 15 is 0 Å². The molecular weight excluding hydrogens is 194 g/mol. The molecule has 82 valence electrons. The standard InChI is InChI=1S/C10H15N3O2/c11-8-4-5-10(15)13(7-8)6-2-1-3-9(12)14/h4-5,7H,1-3,6,11H2,(H2,12,14). The smallest absolute Gasteiger partial charge is 0.250 e. The number of anilines is 1. The third kappa shape index (κ3) is 3.84. The average Bonchev–Trinajstić information content (AvgIpc) is 2.17. The molecule has 0 atom stereocenters. The van der Waals surface area contributed by atoms with Crippen LogP contribution in [0.25, 0.3) is 0 Å². The molecule has 1 amide bonds. The number of aryl methyl sites for hydroxylation is 1. The number of carbonyl (C=O) groups is 1. The van der Waals surface area contributed by atoms with Crippen molar-refractivity contribution in [2.75, 3.05) is 5.73 Å². The molecule has 4 N–H and O–H groups in total. The molecule has 1 rings (SSSR count). The lowest BCUT2D eigenvalue weighted by Gasteiger charge is -2.05. The summed E-state index contributed by atoms with van der Waals surface area (Å²) in [5.41, 5.74) is 11.0. The molecule has 0 saturated heterocycles. The van der Waals surface area contributed by atoms with Crippen molar-refractivity contribution in [1.29, 1.82) is 0 Å². The quantitative estimate of drug-likeness (QED) is 0.673. The van der Waals surface area contributed by atoms with Crippen molar-refractivity contribution < 1.29 is 4.79 Å². The van der Waals surface area contributed by atoms with E-state index in [1.807, 2.05) is 0 Å². The number of primary amides is 1. The lowest BCUT2D eigenvalue weighted by atomic mass is 10.2. The maximum Gasteiger partial charge on any atom is 0.250 e. The Hall–Kier alpha value is -1.78. The van der Waals surface area contributed by atoms with E-state index in [1.165, 1.54) is 10.6 Å². The van der Waals surface area contributed by atoms with Gasteiger partial charge in [-0.1, -0.05) is 0 Å². The van der Waals surface area contributed by atoms with E-state index < -0.39 is 0 Å². The summed E-state index contributed by atoms with van der Waals surface area (Å²) in [4.78, 5) is 21.8. The summed E-state index contributed by atoms with van der Waals surface area (Å²) < 4.78 is 1.54. The fraction of sp³-hybridized carbons (Fsp3) is 0.400. The third-order valence-corrected chi connectivity index (χ3v) is 2.08. The molecule has 0 spiro atoms. The number of nitrogen functional groups attached to an aromatic ring is 1. The van der Waals surface area contributed by atoms with Crippen LogP contribution in [0.3, 0.4) is 0 Å². The second-order valence-corrected chi connectivity index (χ2v) is 3.42. The number of rotatable bonds is 5. The topological polar surface area (TPSA) is 91.1 Å². The molecule has 0 radical (unpaired) electrons. The maximum atomic E-state index is 11.3. The van der Waals surface area contributed by atoms with Gasteiger partial charge in [0.25, 0.3) is 5.56 Å². The Bertz CT molecular complexity index is 398. The molecule has 1 heterocycles. The van der Waals surface area contributed by atoms with Crippen molar-refractivity contribution in [1.82, 2.24) is 4.57 Å². The Morgan fingerprint density at radius 3 is 2.73 bits per heavy atom. The Balaban J connectivity index is 2.47. The summed E-state index contributed by atoms with van der Waals surface area (Å²) in [6.07, 6.45) is 3.40. The van der Waals surface area contributed by atoms with Gasteiger partial charge < -0.3 is 16.0 Å². The highest BCUT2D eigenvalue weighted by molar-refractivity contribution is 5.73. The van der Waals surface area contributed by atoms with E-state index in [4.69, 9.17) is 11.5 Å². The first kappa shape index (κ1) is 11.3. The number of hydrogen-bond donors (Lipinski definition) is 2. The molecule has 0 aliphatic rings. The van der Waals surface area contributed by atoms with Crippen molar-refractivity contribution in [2.24, 2.45) is 5.73 Å². The highest BCUT2D eigenvalue weighted by Crippen LogP contribution is 2.00. The molecule has 1 aromatic rings. The summed E-state index contributed by atoms with van der Waals surface area (Å²) in [5, 5.41) is 0. The van der Waals surface area contributed by atoms with Crippen molar-refractivity contribution in [2.45, 2.75) is 25.8 Å². The van der Waals surface area contributed by atoms with Crippen LogP contribution in [-0.4, -0.2) is 10.5 Å². The van der Waals surface area contributed by atoms with Crippen LogP contribution in [0.1, 0.15) is 19.3 Å². The van der Waals surface area contributed by atoms with E-state index in [0.29, 0.717) is 25.1 Å². The molecule has 0 aliphatic heterocycles. The molecule has 5 nitrogen and oxygen atoms in total. The van der Waals surface area contributed by atoms with Crippen LogP contribution >= 0.6 is 0 Å². The Kier molecular flexibility index (Phi) is 3.91. The van der Waals surface area contributed by atoms with Crippen molar-refractivity contribution in [3.63, 3.8) is 0 Å². The van der Waals surface area contributed by atoms with Gasteiger partial charge in [0.2, 0.25) is 5.91 Å². The number of amides is 1. The molecule has 1 aromatic heterocycles. The first-order valence-electron chi connectivity index (χ1n) is 4.84. The molecule has 0 fully saturated rings. The summed E-state index contributed by atoms with van der Waals surface area (Å²) in [6, 6.07) is 3.01. The minimum Gasteiger partial charge on any atom is -0.398 e. The Labute approximate surface area is 87.7 Å². The summed E-state index contributed by atoms with van der Waals surface area (Å²) in [5.74, 6) is -0.310. The molecule has 0 unspecified atom stereocenters. The Morgan fingerprint density at radius 2 is 2.07 bits per heavy atom. The first-order chi connectivity index (χ1) is 7.09. The fourth-order valence-corrected chi connectivity index (χ4v) is 1.31. The van der Waals surface area contributed by atoms with E-state index in [9.17, 15) is 9.59 Å². The highest BCUT2D eigenvalue weighted by Gasteiger charge is 1.98. The zero-order chi connectivity index (χ0) is 11.3. The van der Waals surface area contributed by atoms with Gasteiger partial charge in [-0.2, -0.15) is 0 Å². The largest absolute Gasteiger partial charge is 0.398 e. The number of carbonyl (C=O) groups excluding carboxylic acids is 1. The van der Waals surface area contributed by atoms with Crippen LogP contribution in [0.5, 0.6) is 0 Å². The first-order valence-corrected chi connectivity index (χ1v) is 4.84. The van der Waals surface area contributed by atoms with Gasteiger partial charge in [-0.05, 0) is 18.9 Å². The van der Waals surface area contributed by atoms with E-state index in [-0.39, 0.29) is 11.5 Å². The zero-order valence-corrected chi connectivity index (χ0v) is 8.48. The average molecular weight is 209 g/mol. The molecule has 0 bridgehead atoms. The summed E-state index contributed by atoms with van der Waals surface area (Å²) in [7, 11) is 0. The second kappa shape index (κ2) is 5.19. The Morgan fingerprint density at radius 1 is 1.33 bits per heavy atom. The van der Waals surface area contributed by atoms with Gasteiger partial charge in [0, 0.05) is 30.9 Å². The van der Waals surface area contributed by atoms with Crippen LogP contribution in [-0.2, 0) is 11.3 Å². The van der Waals surface area contributed by atoms with Gasteiger partial charge in [0.05, 0.1) is 0 Å². The van der Waals surface area contributed by atoms with Crippen LogP contribution in [0.4, 0.5) is 5.69 Å². The lowest BCUT2D eigenvalue weighted by Crippen LogP contribution is -2.19. The summed E-state index contributed by atoms with van der Waals surface area (Å²) >= 11 is 0. The third-order valence-electron chi connectivity index (χ3n) is 2.08. The molecule has 0 saturated carbocycles. The normalized spacial score (nSPS) is 10.1. The van der Waals surface area contributed by atoms with Gasteiger partial charge >= 0.3 is 0 Å². The van der Waals surface area contributed by atoms with E-state index in [1.54, 1.807) is 12.3 Å². The highest BCUT2D eigenvalue weighted by atomic mass is 16.1. The predicted octanol–water partition coefficient (Wildman–Crippen LogP) is 0.0861. The van der Waals surface area contributed by atoms with Crippen LogP contribution in [0.15, 0.2) is 23.1 Å². The molecular formula is C10H15N3O2. The van der Waals surface area contributed by atoms with E-state index in [0.717, 1.165) is 6.42 Å². The number of nitrogens with two attached hydrogens (primary N) is 2. The molecule has 15 heavy (non-hydrogen) atoms. The number of pyridine rings is 1. The van der Waals surface area contributed by atoms with Gasteiger partial charge in [0.1, 0.15) is 0 Å². The monoisotopic (exact) mass is 209 g/mol. The van der Waals surface area contributed by atoms with Crippen molar-refractivity contribution >= 4 is 11.6 Å². The van der Waals surface area contributed by atoms with Crippen LogP contribution in [0.2, 0.25) is 0 Å². The number of aromatic nitrogens is 1. The zero-order valence-electron chi connectivity index (χ0n) is 8.48. The molecule has 0 aliphatic carbocycles. The SMILES string of the molecule is NC(=O)CCCCn1cc(N)ccc1=O. The molecule has 5 heteroatoms. The molecule has 0 aromatic carbocycles. The minimum atomic E-state index is -0.310. The number of unbranched alkanes of at least 4 members (excludes halogenated alkanes) is 1. The fourth-order valence-electron chi connectivity index (χ4n) is 1.31. The summed E-state index contributed by atoms with van der Waals surface area (Å²) in [6.45, 7) is 0.567. The van der Waals surface area contributed by atoms with Crippen molar-refractivity contribution in [3.05, 3.63) is 28.7 Å². The van der Waals surface area contributed by atoms with Crippen molar-refractivity contribution in [3.8, 4) is 0 Å². The number of hydrogen-bond acceptors (Lipinski definition) is 3. The predicted molar refractivity (Wildman–Crippen MR) is 58.2 cm³/mol. The van der Waals surface area contributed by atoms with Crippen LogP contribution in [0, 0.1) is 0 Å². The minimum absolute atomic E-state index is 0.0803. The maximum absolute atomic E-state index is 11.3. The van der Waals surface area contributed by atoms with E-state index in [2.05, 4.69) is 0 Å².